The molecule has 0 aromatic heterocycles. The molecule has 3 fully saturated rings. The Hall–Kier alpha value is -0.0800. The maximum atomic E-state index is 3.77. The monoisotopic (exact) mass is 250 g/mol. The Balaban J connectivity index is 1.40. The van der Waals surface area contributed by atoms with Crippen LogP contribution in [-0.2, 0) is 0 Å². The molecule has 104 valence electrons. The van der Waals surface area contributed by atoms with Crippen LogP contribution in [0.4, 0.5) is 0 Å². The average molecular weight is 250 g/mol. The van der Waals surface area contributed by atoms with Crippen LogP contribution in [0.25, 0.3) is 0 Å². The van der Waals surface area contributed by atoms with E-state index in [2.05, 4.69) is 38.3 Å². The maximum Gasteiger partial charge on any atom is -0.000977 e. The Morgan fingerprint density at radius 2 is 1.61 bits per heavy atom. The van der Waals surface area contributed by atoms with Gasteiger partial charge in [0.25, 0.3) is 0 Å². The van der Waals surface area contributed by atoms with Crippen molar-refractivity contribution in [3.8, 4) is 0 Å². The fourth-order valence-electron chi connectivity index (χ4n) is 4.50. The van der Waals surface area contributed by atoms with E-state index in [-0.39, 0.29) is 0 Å². The van der Waals surface area contributed by atoms with Crippen LogP contribution in [0.2, 0.25) is 0 Å². The van der Waals surface area contributed by atoms with Crippen LogP contribution in [0.1, 0.15) is 47.0 Å². The molecule has 0 radical (unpaired) electrons. The molecule has 2 heteroatoms. The molecule has 2 aliphatic carbocycles. The molecule has 0 aromatic rings. The largest absolute Gasteiger partial charge is 0.317 e. The first-order valence-electron chi connectivity index (χ1n) is 7.82. The van der Waals surface area contributed by atoms with Crippen molar-refractivity contribution in [2.75, 3.05) is 26.2 Å². The second-order valence-electron chi connectivity index (χ2n) is 8.17. The summed E-state index contributed by atoms with van der Waals surface area (Å²) in [6.07, 6.45) is 4.32. The van der Waals surface area contributed by atoms with Gasteiger partial charge in [0.15, 0.2) is 0 Å². The number of hydrogen-bond donors (Lipinski definition) is 2. The van der Waals surface area contributed by atoms with E-state index in [9.17, 15) is 0 Å². The van der Waals surface area contributed by atoms with E-state index in [1.54, 1.807) is 0 Å². The van der Waals surface area contributed by atoms with Crippen molar-refractivity contribution in [2.24, 2.45) is 28.1 Å². The van der Waals surface area contributed by atoms with Gasteiger partial charge < -0.3 is 10.6 Å². The summed E-state index contributed by atoms with van der Waals surface area (Å²) >= 11 is 0. The Labute approximate surface area is 112 Å². The second-order valence-corrected chi connectivity index (χ2v) is 8.17. The molecule has 3 rings (SSSR count). The van der Waals surface area contributed by atoms with Gasteiger partial charge in [-0.05, 0) is 73.5 Å². The van der Waals surface area contributed by atoms with E-state index in [1.807, 2.05) is 0 Å². The van der Waals surface area contributed by atoms with Crippen LogP contribution in [-0.4, -0.2) is 26.2 Å². The third-order valence-corrected chi connectivity index (χ3v) is 7.02. The Bertz CT molecular complexity index is 312. The standard InChI is InChI=1S/C16H30N2/c1-14(2)13(15(14,3)4)11-18-10-12-9-16(12)5-7-17-8-6-16/h12-13,17-18H,5-11H2,1-4H3. The topological polar surface area (TPSA) is 24.1 Å². The third kappa shape index (κ3) is 1.84. The summed E-state index contributed by atoms with van der Waals surface area (Å²) in [5.41, 5.74) is 1.82. The predicted octanol–water partition coefficient (Wildman–Crippen LogP) is 2.65. The fourth-order valence-corrected chi connectivity index (χ4v) is 4.50. The van der Waals surface area contributed by atoms with Crippen molar-refractivity contribution >= 4 is 0 Å². The Morgan fingerprint density at radius 3 is 2.17 bits per heavy atom. The molecule has 1 atom stereocenters. The van der Waals surface area contributed by atoms with Crippen LogP contribution < -0.4 is 10.6 Å². The zero-order valence-corrected chi connectivity index (χ0v) is 12.6. The van der Waals surface area contributed by atoms with E-state index in [0.29, 0.717) is 10.8 Å². The summed E-state index contributed by atoms with van der Waals surface area (Å²) in [5.74, 6) is 1.84. The van der Waals surface area contributed by atoms with Gasteiger partial charge in [0.2, 0.25) is 0 Å². The van der Waals surface area contributed by atoms with Crippen molar-refractivity contribution in [2.45, 2.75) is 47.0 Å². The summed E-state index contributed by atoms with van der Waals surface area (Å²) in [5, 5.41) is 7.26. The third-order valence-electron chi connectivity index (χ3n) is 7.02. The van der Waals surface area contributed by atoms with Crippen LogP contribution in [0.5, 0.6) is 0 Å². The first kappa shape index (κ1) is 12.9. The van der Waals surface area contributed by atoms with E-state index < -0.39 is 0 Å². The van der Waals surface area contributed by atoms with Gasteiger partial charge in [-0.1, -0.05) is 27.7 Å². The SMILES string of the molecule is CC1(C)C(CNCC2CC23CCNCC3)C1(C)C. The highest BCUT2D eigenvalue weighted by molar-refractivity contribution is 5.13. The van der Waals surface area contributed by atoms with Gasteiger partial charge in [0, 0.05) is 0 Å². The normalized spacial score (nSPS) is 35.7. The molecular weight excluding hydrogens is 220 g/mol. The van der Waals surface area contributed by atoms with Gasteiger partial charge in [0.1, 0.15) is 0 Å². The Kier molecular flexibility index (Phi) is 2.84. The quantitative estimate of drug-likeness (QED) is 0.801. The lowest BCUT2D eigenvalue weighted by atomic mass is 9.92. The molecule has 0 bridgehead atoms. The molecular formula is C16H30N2. The average Bonchev–Trinajstić information content (AvgIpc) is 3.07. The van der Waals surface area contributed by atoms with Crippen molar-refractivity contribution in [3.05, 3.63) is 0 Å². The molecule has 3 aliphatic rings. The summed E-state index contributed by atoms with van der Waals surface area (Å²) in [6, 6.07) is 0. The molecule has 1 spiro atoms. The fraction of sp³-hybridized carbons (Fsp3) is 1.00. The van der Waals surface area contributed by atoms with Crippen LogP contribution in [0.3, 0.4) is 0 Å². The summed E-state index contributed by atoms with van der Waals surface area (Å²) in [7, 11) is 0. The summed E-state index contributed by atoms with van der Waals surface area (Å²) in [6.45, 7) is 14.7. The van der Waals surface area contributed by atoms with Crippen molar-refractivity contribution < 1.29 is 0 Å². The molecule has 1 heterocycles. The molecule has 2 saturated carbocycles. The number of nitrogens with one attached hydrogen (secondary N) is 2. The van der Waals surface area contributed by atoms with Gasteiger partial charge in [-0.2, -0.15) is 0 Å². The molecule has 1 aliphatic heterocycles. The molecule has 0 amide bonds. The van der Waals surface area contributed by atoms with Crippen LogP contribution >= 0.6 is 0 Å². The van der Waals surface area contributed by atoms with E-state index in [1.165, 1.54) is 45.4 Å². The molecule has 1 saturated heterocycles. The van der Waals surface area contributed by atoms with Crippen molar-refractivity contribution in [1.29, 1.82) is 0 Å². The minimum Gasteiger partial charge on any atom is -0.317 e. The van der Waals surface area contributed by atoms with E-state index >= 15 is 0 Å². The van der Waals surface area contributed by atoms with Crippen LogP contribution in [0, 0.1) is 28.1 Å². The maximum absolute atomic E-state index is 3.77. The van der Waals surface area contributed by atoms with Gasteiger partial charge >= 0.3 is 0 Å². The zero-order chi connectivity index (χ0) is 13.0. The lowest BCUT2D eigenvalue weighted by molar-refractivity contribution is 0.317. The zero-order valence-electron chi connectivity index (χ0n) is 12.6. The summed E-state index contributed by atoms with van der Waals surface area (Å²) < 4.78 is 0. The molecule has 18 heavy (non-hydrogen) atoms. The molecule has 0 aromatic carbocycles. The highest BCUT2D eigenvalue weighted by Gasteiger charge is 2.64. The van der Waals surface area contributed by atoms with Crippen LogP contribution in [0.15, 0.2) is 0 Å². The van der Waals surface area contributed by atoms with E-state index in [4.69, 9.17) is 0 Å². The first-order chi connectivity index (χ1) is 8.40. The molecule has 2 N–H and O–H groups in total. The summed E-state index contributed by atoms with van der Waals surface area (Å²) in [4.78, 5) is 0. The number of hydrogen-bond acceptors (Lipinski definition) is 2. The minimum absolute atomic E-state index is 0.538. The molecule has 1 unspecified atom stereocenters. The van der Waals surface area contributed by atoms with Crippen molar-refractivity contribution in [3.63, 3.8) is 0 Å². The smallest absolute Gasteiger partial charge is 0.000977 e. The van der Waals surface area contributed by atoms with Crippen molar-refractivity contribution in [1.82, 2.24) is 10.6 Å². The van der Waals surface area contributed by atoms with Gasteiger partial charge in [-0.25, -0.2) is 0 Å². The molecule has 2 nitrogen and oxygen atoms in total. The first-order valence-corrected chi connectivity index (χ1v) is 7.82. The van der Waals surface area contributed by atoms with E-state index in [0.717, 1.165) is 17.3 Å². The number of piperidine rings is 1. The number of rotatable bonds is 4. The second kappa shape index (κ2) is 3.96. The Morgan fingerprint density at radius 1 is 1.00 bits per heavy atom. The van der Waals surface area contributed by atoms with Gasteiger partial charge in [-0.3, -0.25) is 0 Å². The van der Waals surface area contributed by atoms with Gasteiger partial charge in [0.05, 0.1) is 0 Å². The lowest BCUT2D eigenvalue weighted by Gasteiger charge is -2.23. The lowest BCUT2D eigenvalue weighted by Crippen LogP contribution is -2.31. The predicted molar refractivity (Wildman–Crippen MR) is 76.6 cm³/mol. The highest BCUT2D eigenvalue weighted by atomic mass is 14.9. The highest BCUT2D eigenvalue weighted by Crippen LogP contribution is 2.68. The van der Waals surface area contributed by atoms with Gasteiger partial charge in [-0.15, -0.1) is 0 Å². The minimum atomic E-state index is 0.538.